The number of anilines is 1. The van der Waals surface area contributed by atoms with Crippen molar-refractivity contribution in [2.24, 2.45) is 5.41 Å². The smallest absolute Gasteiger partial charge is 0.330 e. The number of benzene rings is 2. The van der Waals surface area contributed by atoms with Crippen LogP contribution in [0.2, 0.25) is 10.0 Å². The van der Waals surface area contributed by atoms with Crippen LogP contribution in [-0.2, 0) is 24.5 Å². The molecule has 2 amide bonds. The van der Waals surface area contributed by atoms with Gasteiger partial charge in [0.05, 0.1) is 5.02 Å². The normalized spacial score (nSPS) is 25.3. The third kappa shape index (κ3) is 5.39. The van der Waals surface area contributed by atoms with Crippen molar-refractivity contribution in [1.82, 2.24) is 10.6 Å². The largest absolute Gasteiger partial charge is 0.458 e. The van der Waals surface area contributed by atoms with E-state index < -0.39 is 46.8 Å². The molecule has 0 bridgehead atoms. The van der Waals surface area contributed by atoms with E-state index in [1.165, 1.54) is 6.07 Å². The fraction of sp³-hybridized carbons (Fsp3) is 0.483. The maximum atomic E-state index is 15.9. The molecule has 1 fully saturated rings. The van der Waals surface area contributed by atoms with Crippen LogP contribution < -0.4 is 16.0 Å². The Balaban J connectivity index is 2.03. The van der Waals surface area contributed by atoms with Gasteiger partial charge in [0, 0.05) is 28.7 Å². The number of ether oxygens (including phenoxy) is 1. The molecule has 0 aliphatic carbocycles. The molecule has 2 aliphatic heterocycles. The molecule has 2 aliphatic rings. The number of esters is 1. The number of hydrogen-bond donors (Lipinski definition) is 3. The summed E-state index contributed by atoms with van der Waals surface area (Å²) in [4.78, 5) is 39.5. The molecule has 0 radical (unpaired) electrons. The summed E-state index contributed by atoms with van der Waals surface area (Å²) in [5.74, 6) is -2.73. The van der Waals surface area contributed by atoms with E-state index in [1.807, 2.05) is 20.8 Å². The van der Waals surface area contributed by atoms with Crippen LogP contribution in [0.4, 0.5) is 10.1 Å². The summed E-state index contributed by atoms with van der Waals surface area (Å²) in [5.41, 5.74) is -1.21. The molecule has 1 unspecified atom stereocenters. The lowest BCUT2D eigenvalue weighted by Gasteiger charge is -2.38. The third-order valence-corrected chi connectivity index (χ3v) is 7.77. The molecule has 2 aromatic rings. The SMILES string of the molecule is CC(C)(C)C[C@@H]1N[C@@H](C(NC=O)C(=O)OC(C)(C)C)[C@H](c2cccc(Cl)c2F)[C@]12C(=O)Nc1cc(Cl)ccc12. The number of carbonyl (C=O) groups is 3. The second-order valence-electron chi connectivity index (χ2n) is 12.4. The average molecular weight is 579 g/mol. The zero-order chi connectivity index (χ0) is 28.9. The molecule has 5 atom stereocenters. The summed E-state index contributed by atoms with van der Waals surface area (Å²) in [7, 11) is 0. The fourth-order valence-corrected chi connectivity index (χ4v) is 6.37. The van der Waals surface area contributed by atoms with E-state index in [9.17, 15) is 14.4 Å². The first-order valence-corrected chi connectivity index (χ1v) is 13.6. The Hall–Kier alpha value is -2.68. The lowest BCUT2D eigenvalue weighted by molar-refractivity contribution is -0.159. The molecule has 10 heteroatoms. The van der Waals surface area contributed by atoms with E-state index in [0.717, 1.165) is 0 Å². The summed E-state index contributed by atoms with van der Waals surface area (Å²) in [5, 5.41) is 9.35. The molecule has 1 saturated heterocycles. The molecule has 39 heavy (non-hydrogen) atoms. The Morgan fingerprint density at radius 3 is 2.49 bits per heavy atom. The minimum Gasteiger partial charge on any atom is -0.458 e. The minimum atomic E-state index is -1.37. The van der Waals surface area contributed by atoms with Gasteiger partial charge in [-0.3, -0.25) is 9.59 Å². The molecule has 0 aromatic heterocycles. The molecule has 4 rings (SSSR count). The predicted molar refractivity (Wildman–Crippen MR) is 150 cm³/mol. The minimum absolute atomic E-state index is 0.118. The predicted octanol–water partition coefficient (Wildman–Crippen LogP) is 5.34. The van der Waals surface area contributed by atoms with Gasteiger partial charge in [0.1, 0.15) is 22.9 Å². The van der Waals surface area contributed by atoms with Crippen molar-refractivity contribution in [3.05, 3.63) is 63.4 Å². The molecule has 1 spiro atoms. The Kier molecular flexibility index (Phi) is 7.80. The van der Waals surface area contributed by atoms with Crippen LogP contribution in [0.1, 0.15) is 65.0 Å². The van der Waals surface area contributed by atoms with Crippen LogP contribution in [0, 0.1) is 11.2 Å². The summed E-state index contributed by atoms with van der Waals surface area (Å²) in [6, 6.07) is 6.97. The zero-order valence-corrected chi connectivity index (χ0v) is 24.3. The molecule has 2 heterocycles. The molecular weight excluding hydrogens is 544 g/mol. The van der Waals surface area contributed by atoms with Gasteiger partial charge in [-0.05, 0) is 61.9 Å². The van der Waals surface area contributed by atoms with Crippen LogP contribution in [0.25, 0.3) is 0 Å². The van der Waals surface area contributed by atoms with Gasteiger partial charge in [0.2, 0.25) is 12.3 Å². The molecule has 7 nitrogen and oxygen atoms in total. The lowest BCUT2D eigenvalue weighted by atomic mass is 9.62. The molecule has 3 N–H and O–H groups in total. The van der Waals surface area contributed by atoms with E-state index in [2.05, 4.69) is 16.0 Å². The lowest BCUT2D eigenvalue weighted by Crippen LogP contribution is -2.54. The zero-order valence-electron chi connectivity index (χ0n) is 22.8. The second-order valence-corrected chi connectivity index (χ2v) is 13.3. The standard InChI is InChI=1S/C29H34Cl2FN3O4/c1-27(2,3)13-20-29(17-11-10-15(30)12-19(17)34-26(29)38)21(16-8-7-9-18(31)22(16)32)23(35-20)24(33-14-36)25(37)39-28(4,5)6/h7-12,14,20-21,23-24,35H,13H2,1-6H3,(H,33,36)(H,34,38)/t20-,21-,23+,24?,29+/m0/s1. The van der Waals surface area contributed by atoms with Crippen LogP contribution in [0.3, 0.4) is 0 Å². The van der Waals surface area contributed by atoms with E-state index in [-0.39, 0.29) is 21.9 Å². The monoisotopic (exact) mass is 577 g/mol. The molecular formula is C29H34Cl2FN3O4. The van der Waals surface area contributed by atoms with E-state index in [0.29, 0.717) is 29.1 Å². The topological polar surface area (TPSA) is 96.5 Å². The highest BCUT2D eigenvalue weighted by atomic mass is 35.5. The Morgan fingerprint density at radius 1 is 1.18 bits per heavy atom. The number of halogens is 3. The van der Waals surface area contributed by atoms with Gasteiger partial charge in [-0.25, -0.2) is 9.18 Å². The van der Waals surface area contributed by atoms with Gasteiger partial charge in [0.25, 0.3) is 0 Å². The van der Waals surface area contributed by atoms with Gasteiger partial charge in [0.15, 0.2) is 0 Å². The van der Waals surface area contributed by atoms with E-state index in [1.54, 1.807) is 51.1 Å². The van der Waals surface area contributed by atoms with Crippen molar-refractivity contribution < 1.29 is 23.5 Å². The van der Waals surface area contributed by atoms with Gasteiger partial charge in [-0.15, -0.1) is 0 Å². The summed E-state index contributed by atoms with van der Waals surface area (Å²) in [6.45, 7) is 11.3. The van der Waals surface area contributed by atoms with Crippen LogP contribution in [0.5, 0.6) is 0 Å². The number of fused-ring (bicyclic) bond motifs is 2. The van der Waals surface area contributed by atoms with Crippen molar-refractivity contribution in [1.29, 1.82) is 0 Å². The van der Waals surface area contributed by atoms with Crippen molar-refractivity contribution in [2.45, 2.75) is 83.0 Å². The summed E-state index contributed by atoms with van der Waals surface area (Å²) >= 11 is 12.5. The maximum absolute atomic E-state index is 15.9. The number of carbonyl (C=O) groups excluding carboxylic acids is 3. The first kappa shape index (κ1) is 29.3. The quantitative estimate of drug-likeness (QED) is 0.318. The Morgan fingerprint density at radius 2 is 1.87 bits per heavy atom. The van der Waals surface area contributed by atoms with E-state index >= 15 is 4.39 Å². The van der Waals surface area contributed by atoms with Gasteiger partial charge < -0.3 is 20.7 Å². The number of hydrogen-bond acceptors (Lipinski definition) is 5. The van der Waals surface area contributed by atoms with Crippen molar-refractivity contribution in [3.63, 3.8) is 0 Å². The number of nitrogens with one attached hydrogen (secondary N) is 3. The van der Waals surface area contributed by atoms with Crippen LogP contribution >= 0.6 is 23.2 Å². The summed E-state index contributed by atoms with van der Waals surface area (Å²) in [6.07, 6.45) is 0.896. The van der Waals surface area contributed by atoms with Gasteiger partial charge >= 0.3 is 5.97 Å². The first-order chi connectivity index (χ1) is 18.1. The number of amides is 2. The Labute approximate surface area is 238 Å². The fourth-order valence-electron chi connectivity index (χ4n) is 6.02. The highest BCUT2D eigenvalue weighted by Crippen LogP contribution is 2.57. The Bertz CT molecular complexity index is 1310. The van der Waals surface area contributed by atoms with Gasteiger partial charge in [-0.2, -0.15) is 0 Å². The average Bonchev–Trinajstić information content (AvgIpc) is 3.26. The third-order valence-electron chi connectivity index (χ3n) is 7.24. The molecule has 210 valence electrons. The second kappa shape index (κ2) is 10.4. The van der Waals surface area contributed by atoms with Crippen molar-refractivity contribution in [3.8, 4) is 0 Å². The van der Waals surface area contributed by atoms with Gasteiger partial charge in [-0.1, -0.05) is 62.2 Å². The highest BCUT2D eigenvalue weighted by Gasteiger charge is 2.66. The van der Waals surface area contributed by atoms with Crippen molar-refractivity contribution >= 4 is 47.2 Å². The molecule has 2 aromatic carbocycles. The number of rotatable bonds is 6. The highest BCUT2D eigenvalue weighted by molar-refractivity contribution is 6.31. The molecule has 0 saturated carbocycles. The van der Waals surface area contributed by atoms with Crippen molar-refractivity contribution in [2.75, 3.05) is 5.32 Å². The van der Waals surface area contributed by atoms with E-state index in [4.69, 9.17) is 27.9 Å². The van der Waals surface area contributed by atoms with Crippen LogP contribution in [-0.4, -0.2) is 42.0 Å². The first-order valence-electron chi connectivity index (χ1n) is 12.8. The summed E-state index contributed by atoms with van der Waals surface area (Å²) < 4.78 is 21.6. The maximum Gasteiger partial charge on any atom is 0.330 e. The van der Waals surface area contributed by atoms with Crippen LogP contribution in [0.15, 0.2) is 36.4 Å².